The van der Waals surface area contributed by atoms with Gasteiger partial charge in [-0.3, -0.25) is 0 Å². The van der Waals surface area contributed by atoms with Gasteiger partial charge in [-0.1, -0.05) is 11.6 Å². The van der Waals surface area contributed by atoms with Crippen molar-refractivity contribution < 1.29 is 9.84 Å². The number of halogens is 1. The molecule has 2 rings (SSSR count). The zero-order valence-corrected chi connectivity index (χ0v) is 11.0. The molecule has 1 aromatic carbocycles. The number of ether oxygens (including phenoxy) is 1. The molecule has 7 heteroatoms. The Morgan fingerprint density at radius 2 is 2.11 bits per heavy atom. The van der Waals surface area contributed by atoms with Gasteiger partial charge < -0.3 is 21.3 Å². The molecule has 0 bridgehead atoms. The number of nitrogen functional groups attached to an aromatic ring is 2. The molecule has 0 saturated carbocycles. The number of rotatable bonds is 3. The van der Waals surface area contributed by atoms with Crippen LogP contribution in [-0.4, -0.2) is 22.2 Å². The zero-order chi connectivity index (χ0) is 14.0. The van der Waals surface area contributed by atoms with Gasteiger partial charge in [0.2, 0.25) is 5.95 Å². The summed E-state index contributed by atoms with van der Waals surface area (Å²) in [5.74, 6) is 0.658. The topological polar surface area (TPSA) is 107 Å². The molecule has 1 heterocycles. The summed E-state index contributed by atoms with van der Waals surface area (Å²) in [5, 5.41) is 9.87. The molecule has 0 aliphatic carbocycles. The van der Waals surface area contributed by atoms with Crippen LogP contribution in [0.3, 0.4) is 0 Å². The van der Waals surface area contributed by atoms with E-state index in [0.29, 0.717) is 18.0 Å². The molecule has 0 spiro atoms. The van der Waals surface area contributed by atoms with E-state index in [9.17, 15) is 5.11 Å². The second-order valence-corrected chi connectivity index (χ2v) is 4.35. The van der Waals surface area contributed by atoms with Gasteiger partial charge in [-0.15, -0.1) is 0 Å². The number of hydrogen-bond donors (Lipinski definition) is 3. The average molecular weight is 281 g/mol. The normalized spacial score (nSPS) is 10.4. The summed E-state index contributed by atoms with van der Waals surface area (Å²) in [6.07, 6.45) is 2.02. The molecule has 0 radical (unpaired) electrons. The van der Waals surface area contributed by atoms with E-state index < -0.39 is 0 Å². The number of anilines is 2. The summed E-state index contributed by atoms with van der Waals surface area (Å²) in [6.45, 7) is 0. The van der Waals surface area contributed by atoms with Crippen LogP contribution in [-0.2, 0) is 6.42 Å². The average Bonchev–Trinajstić information content (AvgIpc) is 2.37. The SMILES string of the molecule is COc1cc(Cc2cnc(N)nc2N)cc(Cl)c1O. The molecule has 0 amide bonds. The van der Waals surface area contributed by atoms with Crippen molar-refractivity contribution in [2.75, 3.05) is 18.6 Å². The quantitative estimate of drug-likeness (QED) is 0.788. The van der Waals surface area contributed by atoms with E-state index in [0.717, 1.165) is 11.1 Å². The molecule has 0 atom stereocenters. The molecule has 0 aliphatic heterocycles. The number of phenolic OH excluding ortho intramolecular Hbond substituents is 1. The van der Waals surface area contributed by atoms with Crippen molar-refractivity contribution in [1.29, 1.82) is 0 Å². The first-order valence-corrected chi connectivity index (χ1v) is 5.81. The van der Waals surface area contributed by atoms with Crippen molar-refractivity contribution in [2.45, 2.75) is 6.42 Å². The van der Waals surface area contributed by atoms with Crippen molar-refractivity contribution in [3.63, 3.8) is 0 Å². The summed E-state index contributed by atoms with van der Waals surface area (Å²) in [7, 11) is 1.45. The Kier molecular flexibility index (Phi) is 3.62. The first-order valence-electron chi connectivity index (χ1n) is 5.43. The number of nitrogens with zero attached hydrogens (tertiary/aromatic N) is 2. The van der Waals surface area contributed by atoms with Crippen LogP contribution in [0.1, 0.15) is 11.1 Å². The van der Waals surface area contributed by atoms with E-state index in [2.05, 4.69) is 9.97 Å². The van der Waals surface area contributed by atoms with Crippen molar-refractivity contribution in [3.05, 3.63) is 34.5 Å². The number of phenols is 1. The lowest BCUT2D eigenvalue weighted by atomic mass is 10.1. The second-order valence-electron chi connectivity index (χ2n) is 3.94. The van der Waals surface area contributed by atoms with Gasteiger partial charge in [0.25, 0.3) is 0 Å². The molecule has 0 unspecified atom stereocenters. The van der Waals surface area contributed by atoms with Gasteiger partial charge >= 0.3 is 0 Å². The third-order valence-corrected chi connectivity index (χ3v) is 2.91. The maximum Gasteiger partial charge on any atom is 0.221 e. The van der Waals surface area contributed by atoms with Gasteiger partial charge in [0.1, 0.15) is 5.82 Å². The summed E-state index contributed by atoms with van der Waals surface area (Å²) in [6, 6.07) is 3.31. The van der Waals surface area contributed by atoms with Crippen LogP contribution >= 0.6 is 11.6 Å². The lowest BCUT2D eigenvalue weighted by molar-refractivity contribution is 0.373. The smallest absolute Gasteiger partial charge is 0.221 e. The number of aromatic nitrogens is 2. The lowest BCUT2D eigenvalue weighted by Gasteiger charge is -2.09. The number of methoxy groups -OCH3 is 1. The Morgan fingerprint density at radius 1 is 1.37 bits per heavy atom. The minimum atomic E-state index is -0.0885. The van der Waals surface area contributed by atoms with Crippen LogP contribution in [0.2, 0.25) is 5.02 Å². The molecule has 100 valence electrons. The highest BCUT2D eigenvalue weighted by atomic mass is 35.5. The largest absolute Gasteiger partial charge is 0.503 e. The molecule has 0 aliphatic rings. The van der Waals surface area contributed by atoms with Crippen molar-refractivity contribution in [3.8, 4) is 11.5 Å². The third kappa shape index (κ3) is 2.79. The van der Waals surface area contributed by atoms with Gasteiger partial charge in [-0.25, -0.2) is 4.98 Å². The van der Waals surface area contributed by atoms with E-state index >= 15 is 0 Å². The highest BCUT2D eigenvalue weighted by molar-refractivity contribution is 6.32. The van der Waals surface area contributed by atoms with Crippen LogP contribution < -0.4 is 16.2 Å². The molecular weight excluding hydrogens is 268 g/mol. The van der Waals surface area contributed by atoms with Gasteiger partial charge in [0.15, 0.2) is 11.5 Å². The third-order valence-electron chi connectivity index (χ3n) is 2.62. The molecule has 6 nitrogen and oxygen atoms in total. The predicted octanol–water partition coefficient (Wildman–Crippen LogP) is 1.60. The number of benzene rings is 1. The second kappa shape index (κ2) is 5.19. The van der Waals surface area contributed by atoms with E-state index in [-0.39, 0.29) is 16.7 Å². The van der Waals surface area contributed by atoms with Crippen molar-refractivity contribution >= 4 is 23.4 Å². The van der Waals surface area contributed by atoms with Crippen LogP contribution in [0, 0.1) is 0 Å². The van der Waals surface area contributed by atoms with Crippen LogP contribution in [0.15, 0.2) is 18.3 Å². The highest BCUT2D eigenvalue weighted by Crippen LogP contribution is 2.35. The molecule has 0 fully saturated rings. The fourth-order valence-corrected chi connectivity index (χ4v) is 1.91. The minimum Gasteiger partial charge on any atom is -0.503 e. The van der Waals surface area contributed by atoms with Crippen molar-refractivity contribution in [2.24, 2.45) is 0 Å². The van der Waals surface area contributed by atoms with Crippen LogP contribution in [0.4, 0.5) is 11.8 Å². The Hall–Kier alpha value is -2.21. The number of nitrogens with two attached hydrogens (primary N) is 2. The Morgan fingerprint density at radius 3 is 2.74 bits per heavy atom. The summed E-state index contributed by atoms with van der Waals surface area (Å²) in [5.41, 5.74) is 12.7. The number of aromatic hydroxyl groups is 1. The molecule has 0 saturated heterocycles. The summed E-state index contributed by atoms with van der Waals surface area (Å²) < 4.78 is 5.04. The van der Waals surface area contributed by atoms with Crippen LogP contribution in [0.5, 0.6) is 11.5 Å². The molecule has 5 N–H and O–H groups in total. The van der Waals surface area contributed by atoms with E-state index in [1.807, 2.05) is 0 Å². The first-order chi connectivity index (χ1) is 9.01. The molecule has 2 aromatic rings. The summed E-state index contributed by atoms with van der Waals surface area (Å²) >= 11 is 5.92. The highest BCUT2D eigenvalue weighted by Gasteiger charge is 2.11. The molecule has 19 heavy (non-hydrogen) atoms. The van der Waals surface area contributed by atoms with E-state index in [1.165, 1.54) is 7.11 Å². The van der Waals surface area contributed by atoms with Crippen LogP contribution in [0.25, 0.3) is 0 Å². The maximum absolute atomic E-state index is 9.66. The fraction of sp³-hybridized carbons (Fsp3) is 0.167. The Labute approximate surface area is 115 Å². The molecule has 1 aromatic heterocycles. The fourth-order valence-electron chi connectivity index (χ4n) is 1.68. The lowest BCUT2D eigenvalue weighted by Crippen LogP contribution is -2.04. The summed E-state index contributed by atoms with van der Waals surface area (Å²) in [4.78, 5) is 7.77. The van der Waals surface area contributed by atoms with Gasteiger partial charge in [0.05, 0.1) is 12.1 Å². The maximum atomic E-state index is 9.66. The van der Waals surface area contributed by atoms with Gasteiger partial charge in [0, 0.05) is 18.2 Å². The zero-order valence-electron chi connectivity index (χ0n) is 10.2. The standard InChI is InChI=1S/C12H13ClN4O2/c1-19-9-4-6(3-8(13)10(9)18)2-7-5-16-12(15)17-11(7)14/h3-5,18H,2H2,1H3,(H4,14,15,16,17). The molecular formula is C12H13ClN4O2. The Balaban J connectivity index is 2.35. The monoisotopic (exact) mass is 280 g/mol. The van der Waals surface area contributed by atoms with Gasteiger partial charge in [-0.2, -0.15) is 4.98 Å². The van der Waals surface area contributed by atoms with E-state index in [1.54, 1.807) is 18.3 Å². The van der Waals surface area contributed by atoms with Crippen molar-refractivity contribution in [1.82, 2.24) is 9.97 Å². The minimum absolute atomic E-state index is 0.0885. The van der Waals surface area contributed by atoms with E-state index in [4.69, 9.17) is 27.8 Å². The number of hydrogen-bond acceptors (Lipinski definition) is 6. The van der Waals surface area contributed by atoms with Gasteiger partial charge in [-0.05, 0) is 17.7 Å². The Bertz CT molecular complexity index is 619. The predicted molar refractivity (Wildman–Crippen MR) is 73.3 cm³/mol. The first kappa shape index (κ1) is 13.2.